The first-order chi connectivity index (χ1) is 7.34. The molecule has 1 atom stereocenters. The first-order valence-corrected chi connectivity index (χ1v) is 6.80. The van der Waals surface area contributed by atoms with Gasteiger partial charge in [0.2, 0.25) is 0 Å². The molecule has 0 radical (unpaired) electrons. The van der Waals surface area contributed by atoms with Gasteiger partial charge in [-0.2, -0.15) is 0 Å². The lowest BCUT2D eigenvalue weighted by Crippen LogP contribution is -2.30. The van der Waals surface area contributed by atoms with E-state index in [9.17, 15) is 0 Å². The molecule has 1 heterocycles. The van der Waals surface area contributed by atoms with Gasteiger partial charge in [0.05, 0.1) is 0 Å². The molecule has 0 spiro atoms. The smallest absolute Gasteiger partial charge is 0.0417 e. The number of halogens is 1. The Bertz CT molecular complexity index is 310. The van der Waals surface area contributed by atoms with Gasteiger partial charge in [-0.15, -0.1) is 11.8 Å². The van der Waals surface area contributed by atoms with E-state index < -0.39 is 0 Å². The van der Waals surface area contributed by atoms with E-state index in [0.29, 0.717) is 0 Å². The van der Waals surface area contributed by atoms with Crippen molar-refractivity contribution >= 4 is 23.4 Å². The van der Waals surface area contributed by atoms with Crippen molar-refractivity contribution in [2.75, 3.05) is 18.8 Å². The quantitative estimate of drug-likeness (QED) is 0.814. The molecule has 1 aliphatic rings. The highest BCUT2D eigenvalue weighted by Crippen LogP contribution is 2.25. The van der Waals surface area contributed by atoms with Crippen LogP contribution in [-0.4, -0.2) is 18.8 Å². The van der Waals surface area contributed by atoms with Gasteiger partial charge in [-0.25, -0.2) is 0 Å². The Balaban J connectivity index is 1.81. The predicted octanol–water partition coefficient (Wildman–Crippen LogP) is 3.43. The summed E-state index contributed by atoms with van der Waals surface area (Å²) < 4.78 is 0. The molecule has 0 bridgehead atoms. The lowest BCUT2D eigenvalue weighted by Gasteiger charge is -2.22. The number of hydrogen-bond acceptors (Lipinski definition) is 2. The van der Waals surface area contributed by atoms with Crippen LogP contribution in [0.3, 0.4) is 0 Å². The summed E-state index contributed by atoms with van der Waals surface area (Å²) in [4.78, 5) is 1.29. The van der Waals surface area contributed by atoms with Crippen molar-refractivity contribution in [1.29, 1.82) is 0 Å². The zero-order chi connectivity index (χ0) is 10.5. The summed E-state index contributed by atoms with van der Waals surface area (Å²) in [6, 6.07) is 8.12. The highest BCUT2D eigenvalue weighted by atomic mass is 35.5. The van der Waals surface area contributed by atoms with Crippen molar-refractivity contribution < 1.29 is 0 Å². The summed E-state index contributed by atoms with van der Waals surface area (Å²) in [6.07, 6.45) is 2.68. The number of nitrogens with one attached hydrogen (secondary N) is 1. The van der Waals surface area contributed by atoms with E-state index in [0.717, 1.165) is 10.9 Å². The highest BCUT2D eigenvalue weighted by molar-refractivity contribution is 7.99. The third-order valence-corrected chi connectivity index (χ3v) is 4.14. The van der Waals surface area contributed by atoms with Crippen LogP contribution in [0.15, 0.2) is 29.2 Å². The molecule has 1 saturated heterocycles. The Morgan fingerprint density at radius 1 is 1.47 bits per heavy atom. The molecule has 0 saturated carbocycles. The van der Waals surface area contributed by atoms with E-state index in [1.165, 1.54) is 36.6 Å². The highest BCUT2D eigenvalue weighted by Gasteiger charge is 2.12. The molecular formula is C12H16ClNS. The fourth-order valence-electron chi connectivity index (χ4n) is 1.84. The molecule has 1 N–H and O–H groups in total. The normalized spacial score (nSPS) is 21.5. The second kappa shape index (κ2) is 5.78. The van der Waals surface area contributed by atoms with E-state index in [1.54, 1.807) is 0 Å². The van der Waals surface area contributed by atoms with Gasteiger partial charge in [0.15, 0.2) is 0 Å². The zero-order valence-electron chi connectivity index (χ0n) is 8.71. The van der Waals surface area contributed by atoms with Gasteiger partial charge in [0, 0.05) is 15.7 Å². The lowest BCUT2D eigenvalue weighted by atomic mass is 10.0. The molecule has 1 aliphatic heterocycles. The van der Waals surface area contributed by atoms with Crippen molar-refractivity contribution in [3.8, 4) is 0 Å². The maximum atomic E-state index is 5.94. The van der Waals surface area contributed by atoms with Gasteiger partial charge in [-0.1, -0.05) is 17.7 Å². The fourth-order valence-corrected chi connectivity index (χ4v) is 3.19. The Labute approximate surface area is 101 Å². The third kappa shape index (κ3) is 3.71. The first-order valence-electron chi connectivity index (χ1n) is 5.44. The second-order valence-corrected chi connectivity index (χ2v) is 5.51. The van der Waals surface area contributed by atoms with E-state index in [1.807, 2.05) is 30.0 Å². The van der Waals surface area contributed by atoms with Gasteiger partial charge in [-0.3, -0.25) is 0 Å². The summed E-state index contributed by atoms with van der Waals surface area (Å²) in [5.41, 5.74) is 0. The minimum Gasteiger partial charge on any atom is -0.316 e. The van der Waals surface area contributed by atoms with Crippen LogP contribution in [0, 0.1) is 5.92 Å². The van der Waals surface area contributed by atoms with Crippen LogP contribution >= 0.6 is 23.4 Å². The molecule has 2 rings (SSSR count). The maximum absolute atomic E-state index is 5.94. The lowest BCUT2D eigenvalue weighted by molar-refractivity contribution is 0.410. The van der Waals surface area contributed by atoms with Crippen molar-refractivity contribution in [3.05, 3.63) is 29.3 Å². The monoisotopic (exact) mass is 241 g/mol. The molecule has 1 nitrogen and oxygen atoms in total. The van der Waals surface area contributed by atoms with Crippen molar-refractivity contribution in [3.63, 3.8) is 0 Å². The molecule has 1 aromatic rings. The fraction of sp³-hybridized carbons (Fsp3) is 0.500. The van der Waals surface area contributed by atoms with Gasteiger partial charge >= 0.3 is 0 Å². The summed E-state index contributed by atoms with van der Waals surface area (Å²) in [5, 5.41) is 4.28. The summed E-state index contributed by atoms with van der Waals surface area (Å²) in [5.74, 6) is 2.02. The van der Waals surface area contributed by atoms with Gasteiger partial charge in [0.25, 0.3) is 0 Å². The SMILES string of the molecule is Clc1cccc(SC[C@@H]2CCCNC2)c1. The number of benzene rings is 1. The summed E-state index contributed by atoms with van der Waals surface area (Å²) in [7, 11) is 0. The third-order valence-electron chi connectivity index (χ3n) is 2.68. The molecule has 15 heavy (non-hydrogen) atoms. The molecule has 82 valence electrons. The van der Waals surface area contributed by atoms with Gasteiger partial charge in [0.1, 0.15) is 0 Å². The molecule has 1 fully saturated rings. The van der Waals surface area contributed by atoms with Crippen LogP contribution in [-0.2, 0) is 0 Å². The standard InChI is InChI=1S/C12H16ClNS/c13-11-4-1-5-12(7-11)15-9-10-3-2-6-14-8-10/h1,4-5,7,10,14H,2-3,6,8-9H2/t10-/m1/s1. The van der Waals surface area contributed by atoms with Gasteiger partial charge in [-0.05, 0) is 50.0 Å². The molecule has 1 aromatic carbocycles. The van der Waals surface area contributed by atoms with E-state index in [-0.39, 0.29) is 0 Å². The largest absolute Gasteiger partial charge is 0.316 e. The predicted molar refractivity (Wildman–Crippen MR) is 67.8 cm³/mol. The topological polar surface area (TPSA) is 12.0 Å². The Morgan fingerprint density at radius 2 is 2.40 bits per heavy atom. The molecule has 0 aliphatic carbocycles. The summed E-state index contributed by atoms with van der Waals surface area (Å²) in [6.45, 7) is 2.37. The zero-order valence-corrected chi connectivity index (χ0v) is 10.3. The van der Waals surface area contributed by atoms with Crippen LogP contribution < -0.4 is 5.32 Å². The summed E-state index contributed by atoms with van der Waals surface area (Å²) >= 11 is 7.86. The minimum absolute atomic E-state index is 0.822. The van der Waals surface area contributed by atoms with Crippen LogP contribution in [0.2, 0.25) is 5.02 Å². The van der Waals surface area contributed by atoms with E-state index >= 15 is 0 Å². The van der Waals surface area contributed by atoms with E-state index in [2.05, 4.69) is 11.4 Å². The van der Waals surface area contributed by atoms with Crippen LogP contribution in [0.25, 0.3) is 0 Å². The van der Waals surface area contributed by atoms with Crippen LogP contribution in [0.5, 0.6) is 0 Å². The number of rotatable bonds is 3. The Hall–Kier alpha value is -0.180. The number of hydrogen-bond donors (Lipinski definition) is 1. The Morgan fingerprint density at radius 3 is 3.13 bits per heavy atom. The maximum Gasteiger partial charge on any atom is 0.0417 e. The average Bonchev–Trinajstić information content (AvgIpc) is 2.28. The second-order valence-electron chi connectivity index (χ2n) is 3.98. The van der Waals surface area contributed by atoms with Crippen LogP contribution in [0.4, 0.5) is 0 Å². The van der Waals surface area contributed by atoms with Gasteiger partial charge < -0.3 is 5.32 Å². The Kier molecular flexibility index (Phi) is 4.36. The van der Waals surface area contributed by atoms with Crippen molar-refractivity contribution in [2.45, 2.75) is 17.7 Å². The minimum atomic E-state index is 0.822. The average molecular weight is 242 g/mol. The molecule has 0 aromatic heterocycles. The number of thioether (sulfide) groups is 1. The molecular weight excluding hydrogens is 226 g/mol. The van der Waals surface area contributed by atoms with E-state index in [4.69, 9.17) is 11.6 Å². The first kappa shape index (κ1) is 11.3. The van der Waals surface area contributed by atoms with Crippen molar-refractivity contribution in [2.24, 2.45) is 5.92 Å². The number of piperidine rings is 1. The van der Waals surface area contributed by atoms with Crippen LogP contribution in [0.1, 0.15) is 12.8 Å². The molecule has 3 heteroatoms. The van der Waals surface area contributed by atoms with Crippen molar-refractivity contribution in [1.82, 2.24) is 5.32 Å². The molecule has 0 amide bonds. The molecule has 0 unspecified atom stereocenters.